The molecule has 2 heteroatoms. The third-order valence-electron chi connectivity index (χ3n) is 2.93. The van der Waals surface area contributed by atoms with Gasteiger partial charge in [0, 0.05) is 0 Å². The first-order valence-corrected chi connectivity index (χ1v) is 10.9. The van der Waals surface area contributed by atoms with E-state index in [2.05, 4.69) is 37.6 Å². The molecule has 106 valence electrons. The van der Waals surface area contributed by atoms with Crippen LogP contribution in [0.4, 0.5) is 0 Å². The van der Waals surface area contributed by atoms with E-state index in [1.807, 2.05) is 0 Å². The highest BCUT2D eigenvalue weighted by atomic mass is 32.0. The molecule has 0 aromatic carbocycles. The van der Waals surface area contributed by atoms with Gasteiger partial charge < -0.3 is 0 Å². The van der Waals surface area contributed by atoms with Crippen LogP contribution in [-0.4, -0.2) is 0 Å². The normalized spacial score (nSPS) is 13.2. The number of rotatable bonds is 13. The molecule has 0 saturated heterocycles. The van der Waals surface area contributed by atoms with Gasteiger partial charge in [-0.25, -0.2) is 0 Å². The molecule has 0 aliphatic carbocycles. The van der Waals surface area contributed by atoms with Crippen molar-refractivity contribution in [1.29, 1.82) is 0 Å². The minimum atomic E-state index is 1.02. The molecule has 2 atom stereocenters. The Labute approximate surface area is 119 Å². The van der Waals surface area contributed by atoms with Crippen molar-refractivity contribution in [3.63, 3.8) is 0 Å². The summed E-state index contributed by atoms with van der Waals surface area (Å²) in [4.78, 5) is 0. The Balaban J connectivity index is 3.13. The van der Waals surface area contributed by atoms with Gasteiger partial charge in [0.2, 0.25) is 0 Å². The van der Waals surface area contributed by atoms with Crippen molar-refractivity contribution in [3.05, 3.63) is 23.8 Å². The Morgan fingerprint density at radius 1 is 0.611 bits per heavy atom. The zero-order chi connectivity index (χ0) is 13.3. The number of hydrogen-bond acceptors (Lipinski definition) is 0. The Kier molecular flexibility index (Phi) is 17.7. The summed E-state index contributed by atoms with van der Waals surface area (Å²) in [6.45, 7) is 4.54. The van der Waals surface area contributed by atoms with Crippen LogP contribution in [0.15, 0.2) is 23.8 Å². The molecule has 0 aromatic heterocycles. The van der Waals surface area contributed by atoms with Crippen molar-refractivity contribution in [3.8, 4) is 0 Å². The average Bonchev–Trinajstić information content (AvgIpc) is 2.39. The second-order valence-corrected chi connectivity index (χ2v) is 7.77. The summed E-state index contributed by atoms with van der Waals surface area (Å²) in [5, 5.41) is 0. The van der Waals surface area contributed by atoms with Crippen LogP contribution in [-0.2, 0) is 0 Å². The largest absolute Gasteiger partial charge is 0.0840 e. The van der Waals surface area contributed by atoms with E-state index in [1.165, 1.54) is 64.2 Å². The van der Waals surface area contributed by atoms with Crippen LogP contribution in [0, 0.1) is 0 Å². The van der Waals surface area contributed by atoms with E-state index in [0.717, 1.165) is 16.5 Å². The van der Waals surface area contributed by atoms with Crippen LogP contribution in [0.3, 0.4) is 0 Å². The second-order valence-electron chi connectivity index (χ2n) is 4.79. The molecule has 18 heavy (non-hydrogen) atoms. The van der Waals surface area contributed by atoms with Crippen molar-refractivity contribution in [1.82, 2.24) is 0 Å². The Hall–Kier alpha value is 0.340. The zero-order valence-corrected chi connectivity index (χ0v) is 14.4. The van der Waals surface area contributed by atoms with E-state index in [9.17, 15) is 0 Å². The SMILES string of the molecule is CCCCCC/C=C/PP/C=C/CCCCCC. The molecule has 2 unspecified atom stereocenters. The lowest BCUT2D eigenvalue weighted by molar-refractivity contribution is 0.675. The third kappa shape index (κ3) is 16.3. The molecule has 0 heterocycles. The number of unbranched alkanes of at least 4 members (excludes halogenated alkanes) is 8. The molecule has 0 fully saturated rings. The molecular weight excluding hydrogens is 254 g/mol. The topological polar surface area (TPSA) is 0 Å². The minimum absolute atomic E-state index is 1.02. The fourth-order valence-electron chi connectivity index (χ4n) is 1.76. The van der Waals surface area contributed by atoms with Gasteiger partial charge in [-0.1, -0.05) is 92.7 Å². The highest BCUT2D eigenvalue weighted by Crippen LogP contribution is 2.39. The summed E-state index contributed by atoms with van der Waals surface area (Å²) in [7, 11) is 2.03. The molecule has 0 amide bonds. The molecule has 0 N–H and O–H groups in total. The first-order valence-electron chi connectivity index (χ1n) is 7.72. The summed E-state index contributed by atoms with van der Waals surface area (Å²) in [5.74, 6) is 4.79. The van der Waals surface area contributed by atoms with Crippen LogP contribution in [0.25, 0.3) is 0 Å². The van der Waals surface area contributed by atoms with E-state index >= 15 is 0 Å². The Bertz CT molecular complexity index is 175. The quantitative estimate of drug-likeness (QED) is 0.247. The van der Waals surface area contributed by atoms with Gasteiger partial charge in [-0.15, -0.1) is 0 Å². The van der Waals surface area contributed by atoms with Crippen LogP contribution in [0.1, 0.15) is 78.1 Å². The zero-order valence-electron chi connectivity index (χ0n) is 12.4. The standard InChI is InChI=1S/C16H32P2/c1-3-5-7-9-11-13-15-17-18-16-14-12-10-8-6-4-2/h13-18H,3-12H2,1-2H3/b15-13+,16-14+. The maximum atomic E-state index is 2.39. The highest BCUT2D eigenvalue weighted by Gasteiger charge is 1.85. The average molecular weight is 286 g/mol. The molecule has 0 aromatic rings. The lowest BCUT2D eigenvalue weighted by Gasteiger charge is -1.95. The van der Waals surface area contributed by atoms with Gasteiger partial charge in [-0.3, -0.25) is 0 Å². The molecule has 0 spiro atoms. The van der Waals surface area contributed by atoms with E-state index in [-0.39, 0.29) is 0 Å². The monoisotopic (exact) mass is 286 g/mol. The molecule has 0 nitrogen and oxygen atoms in total. The predicted octanol–water partition coefficient (Wildman–Crippen LogP) is 7.23. The fraction of sp³-hybridized carbons (Fsp3) is 0.750. The number of allylic oxidation sites excluding steroid dienone is 2. The summed E-state index contributed by atoms with van der Waals surface area (Å²) >= 11 is 0. The van der Waals surface area contributed by atoms with Gasteiger partial charge in [-0.2, -0.15) is 0 Å². The van der Waals surface area contributed by atoms with E-state index in [4.69, 9.17) is 0 Å². The molecule has 0 rings (SSSR count). The van der Waals surface area contributed by atoms with Crippen LogP contribution >= 0.6 is 16.5 Å². The van der Waals surface area contributed by atoms with Crippen molar-refractivity contribution in [2.75, 3.05) is 0 Å². The Morgan fingerprint density at radius 3 is 1.44 bits per heavy atom. The maximum Gasteiger partial charge on any atom is -0.0347 e. The third-order valence-corrected chi connectivity index (χ3v) is 5.41. The first-order chi connectivity index (χ1) is 8.91. The lowest BCUT2D eigenvalue weighted by Crippen LogP contribution is -1.72. The van der Waals surface area contributed by atoms with Gasteiger partial charge in [0.1, 0.15) is 0 Å². The minimum Gasteiger partial charge on any atom is -0.0840 e. The van der Waals surface area contributed by atoms with Crippen LogP contribution in [0.2, 0.25) is 0 Å². The van der Waals surface area contributed by atoms with Gasteiger partial charge in [0.05, 0.1) is 0 Å². The first kappa shape index (κ1) is 18.3. The van der Waals surface area contributed by atoms with Crippen LogP contribution in [0.5, 0.6) is 0 Å². The summed E-state index contributed by atoms with van der Waals surface area (Å²) < 4.78 is 0. The van der Waals surface area contributed by atoms with Gasteiger partial charge in [0.15, 0.2) is 0 Å². The van der Waals surface area contributed by atoms with E-state index in [1.54, 1.807) is 0 Å². The van der Waals surface area contributed by atoms with Crippen molar-refractivity contribution in [2.24, 2.45) is 0 Å². The molecule has 0 aliphatic heterocycles. The molecule has 0 radical (unpaired) electrons. The van der Waals surface area contributed by atoms with Gasteiger partial charge in [0.25, 0.3) is 0 Å². The van der Waals surface area contributed by atoms with Crippen molar-refractivity contribution < 1.29 is 0 Å². The van der Waals surface area contributed by atoms with E-state index < -0.39 is 0 Å². The molecule has 0 aliphatic rings. The highest BCUT2D eigenvalue weighted by molar-refractivity contribution is 8.14. The number of hydrogen-bond donors (Lipinski definition) is 0. The second kappa shape index (κ2) is 17.3. The molecular formula is C16H32P2. The smallest absolute Gasteiger partial charge is 0.0347 e. The molecule has 0 saturated carbocycles. The van der Waals surface area contributed by atoms with Crippen LogP contribution < -0.4 is 0 Å². The van der Waals surface area contributed by atoms with Gasteiger partial charge >= 0.3 is 0 Å². The summed E-state index contributed by atoms with van der Waals surface area (Å²) in [5.41, 5.74) is 0. The van der Waals surface area contributed by atoms with Crippen molar-refractivity contribution >= 4 is 16.5 Å². The fourth-order valence-corrected chi connectivity index (χ4v) is 3.80. The lowest BCUT2D eigenvalue weighted by atomic mass is 10.2. The molecule has 0 bridgehead atoms. The summed E-state index contributed by atoms with van der Waals surface area (Å²) in [6, 6.07) is 0. The van der Waals surface area contributed by atoms with Gasteiger partial charge in [-0.05, 0) is 25.7 Å². The van der Waals surface area contributed by atoms with Crippen molar-refractivity contribution in [2.45, 2.75) is 78.1 Å². The summed E-state index contributed by atoms with van der Waals surface area (Å²) in [6.07, 6.45) is 18.4. The predicted molar refractivity (Wildman–Crippen MR) is 92.4 cm³/mol. The Morgan fingerprint density at radius 2 is 1.06 bits per heavy atom. The van der Waals surface area contributed by atoms with E-state index in [0.29, 0.717) is 0 Å². The maximum absolute atomic E-state index is 2.39.